The number of hydrogen-bond acceptors (Lipinski definition) is 5. The first-order chi connectivity index (χ1) is 10.8. The van der Waals surface area contributed by atoms with Crippen LogP contribution < -0.4 is 5.32 Å². The van der Waals surface area contributed by atoms with Gasteiger partial charge < -0.3 is 5.32 Å². The first kappa shape index (κ1) is 17.5. The van der Waals surface area contributed by atoms with Gasteiger partial charge in [-0.25, -0.2) is 0 Å². The molecule has 0 unspecified atom stereocenters. The molecule has 126 valence electrons. The Morgan fingerprint density at radius 3 is 2.48 bits per heavy atom. The molecule has 1 fully saturated rings. The van der Waals surface area contributed by atoms with Crippen LogP contribution in [-0.2, 0) is 0 Å². The Morgan fingerprint density at radius 1 is 1.26 bits per heavy atom. The van der Waals surface area contributed by atoms with Gasteiger partial charge in [0.05, 0.1) is 12.2 Å². The zero-order valence-corrected chi connectivity index (χ0v) is 13.2. The highest BCUT2D eigenvalue weighted by atomic mass is 19.4. The summed E-state index contributed by atoms with van der Waals surface area (Å²) in [6, 6.07) is 2.13. The van der Waals surface area contributed by atoms with Gasteiger partial charge in [-0.3, -0.25) is 4.90 Å². The molecule has 0 spiro atoms. The molecule has 0 saturated carbocycles. The molecule has 1 N–H and O–H groups in total. The van der Waals surface area contributed by atoms with E-state index >= 15 is 0 Å². The third-order valence-corrected chi connectivity index (χ3v) is 4.23. The van der Waals surface area contributed by atoms with Gasteiger partial charge in [0.1, 0.15) is 11.6 Å². The molecule has 5 nitrogen and oxygen atoms in total. The minimum atomic E-state index is -4.14. The number of hydrogen-bond donors (Lipinski definition) is 1. The summed E-state index contributed by atoms with van der Waals surface area (Å²) in [6.07, 6.45) is -2.74. The number of halogens is 3. The predicted molar refractivity (Wildman–Crippen MR) is 79.9 cm³/mol. The average Bonchev–Trinajstić information content (AvgIpc) is 2.48. The van der Waals surface area contributed by atoms with Gasteiger partial charge in [-0.15, -0.1) is 5.10 Å². The number of nitrogens with zero attached hydrogens (tertiary/aromatic N) is 4. The first-order valence-corrected chi connectivity index (χ1v) is 7.57. The Kier molecular flexibility index (Phi) is 5.42. The van der Waals surface area contributed by atoms with E-state index in [1.54, 1.807) is 6.92 Å². The van der Waals surface area contributed by atoms with Gasteiger partial charge in [-0.1, -0.05) is 0 Å². The van der Waals surface area contributed by atoms with Crippen LogP contribution >= 0.6 is 0 Å². The van der Waals surface area contributed by atoms with Crippen LogP contribution in [-0.4, -0.2) is 47.5 Å². The van der Waals surface area contributed by atoms with Crippen molar-refractivity contribution >= 4 is 5.82 Å². The number of aryl methyl sites for hydroxylation is 1. The lowest BCUT2D eigenvalue weighted by Crippen LogP contribution is -2.41. The van der Waals surface area contributed by atoms with E-state index in [2.05, 4.69) is 21.6 Å². The van der Waals surface area contributed by atoms with Crippen LogP contribution in [0, 0.1) is 31.1 Å². The van der Waals surface area contributed by atoms with E-state index in [-0.39, 0.29) is 5.92 Å². The molecule has 0 aliphatic carbocycles. The number of piperidine rings is 1. The number of likely N-dealkylation sites (tertiary alicyclic amines) is 1. The third kappa shape index (κ3) is 4.79. The predicted octanol–water partition coefficient (Wildman–Crippen LogP) is 2.65. The molecule has 2 heterocycles. The van der Waals surface area contributed by atoms with Crippen molar-refractivity contribution in [2.45, 2.75) is 32.9 Å². The highest BCUT2D eigenvalue weighted by molar-refractivity contribution is 5.55. The number of rotatable bonds is 4. The summed E-state index contributed by atoms with van der Waals surface area (Å²) in [5.74, 6) is 0.725. The van der Waals surface area contributed by atoms with Crippen molar-refractivity contribution in [1.82, 2.24) is 15.1 Å². The number of aromatic nitrogens is 2. The van der Waals surface area contributed by atoms with Gasteiger partial charge >= 0.3 is 6.18 Å². The monoisotopic (exact) mass is 327 g/mol. The number of nitriles is 1. The van der Waals surface area contributed by atoms with Crippen molar-refractivity contribution in [1.29, 1.82) is 5.26 Å². The van der Waals surface area contributed by atoms with Crippen LogP contribution in [0.1, 0.15) is 29.7 Å². The second-order valence-corrected chi connectivity index (χ2v) is 5.96. The topological polar surface area (TPSA) is 64.8 Å². The molecule has 1 aromatic rings. The summed E-state index contributed by atoms with van der Waals surface area (Å²) >= 11 is 0. The molecule has 0 atom stereocenters. The molecule has 0 bridgehead atoms. The van der Waals surface area contributed by atoms with Crippen molar-refractivity contribution in [3.05, 3.63) is 16.8 Å². The fourth-order valence-corrected chi connectivity index (χ4v) is 2.71. The maximum atomic E-state index is 12.4. The van der Waals surface area contributed by atoms with Crippen molar-refractivity contribution in [3.63, 3.8) is 0 Å². The van der Waals surface area contributed by atoms with Gasteiger partial charge in [-0.2, -0.15) is 23.5 Å². The van der Waals surface area contributed by atoms with Gasteiger partial charge in [-0.05, 0) is 51.3 Å². The van der Waals surface area contributed by atoms with Gasteiger partial charge in [0.15, 0.2) is 5.82 Å². The Labute approximate surface area is 133 Å². The summed E-state index contributed by atoms with van der Waals surface area (Å²) < 4.78 is 37.1. The van der Waals surface area contributed by atoms with Gasteiger partial charge in [0.2, 0.25) is 0 Å². The molecule has 8 heteroatoms. The standard InChI is InChI=1S/C15H20F3N5/c1-10-11(2)21-22-14(13(10)7-19)20-8-12-3-5-23(6-4-12)9-15(16,17)18/h12H,3-6,8-9H2,1-2H3,(H,20,22). The Morgan fingerprint density at radius 2 is 1.91 bits per heavy atom. The van der Waals surface area contributed by atoms with Gasteiger partial charge in [0.25, 0.3) is 0 Å². The van der Waals surface area contributed by atoms with Crippen molar-refractivity contribution in [3.8, 4) is 6.07 Å². The maximum absolute atomic E-state index is 12.4. The summed E-state index contributed by atoms with van der Waals surface area (Å²) in [4.78, 5) is 1.44. The van der Waals surface area contributed by atoms with Crippen LogP contribution in [0.4, 0.5) is 19.0 Å². The highest BCUT2D eigenvalue weighted by Crippen LogP contribution is 2.23. The van der Waals surface area contributed by atoms with E-state index < -0.39 is 12.7 Å². The zero-order valence-electron chi connectivity index (χ0n) is 13.2. The summed E-state index contributed by atoms with van der Waals surface area (Å²) in [7, 11) is 0. The molecule has 1 aromatic heterocycles. The minimum Gasteiger partial charge on any atom is -0.367 e. The van der Waals surface area contributed by atoms with Crippen molar-refractivity contribution in [2.75, 3.05) is 31.5 Å². The molecule has 2 rings (SSSR count). The second kappa shape index (κ2) is 7.13. The van der Waals surface area contributed by atoms with E-state index in [0.717, 1.165) is 5.56 Å². The number of nitrogens with one attached hydrogen (secondary N) is 1. The van der Waals surface area contributed by atoms with Crippen LogP contribution in [0.2, 0.25) is 0 Å². The second-order valence-electron chi connectivity index (χ2n) is 5.96. The number of alkyl halides is 3. The fourth-order valence-electron chi connectivity index (χ4n) is 2.71. The lowest BCUT2D eigenvalue weighted by atomic mass is 9.96. The maximum Gasteiger partial charge on any atom is 0.401 e. The smallest absolute Gasteiger partial charge is 0.367 e. The molecule has 23 heavy (non-hydrogen) atoms. The lowest BCUT2D eigenvalue weighted by molar-refractivity contribution is -0.148. The van der Waals surface area contributed by atoms with E-state index in [4.69, 9.17) is 0 Å². The zero-order chi connectivity index (χ0) is 17.0. The summed E-state index contributed by atoms with van der Waals surface area (Å²) in [5.41, 5.74) is 1.99. The van der Waals surface area contributed by atoms with E-state index in [1.165, 1.54) is 4.90 Å². The third-order valence-electron chi connectivity index (χ3n) is 4.23. The van der Waals surface area contributed by atoms with Crippen LogP contribution in [0.15, 0.2) is 0 Å². The van der Waals surface area contributed by atoms with E-state index in [9.17, 15) is 18.4 Å². The number of anilines is 1. The normalized spacial score (nSPS) is 17.0. The molecular formula is C15H20F3N5. The van der Waals surface area contributed by atoms with E-state index in [0.29, 0.717) is 49.6 Å². The molecular weight excluding hydrogens is 307 g/mol. The van der Waals surface area contributed by atoms with E-state index in [1.807, 2.05) is 6.92 Å². The molecule has 1 saturated heterocycles. The quantitative estimate of drug-likeness (QED) is 0.921. The van der Waals surface area contributed by atoms with Crippen molar-refractivity contribution in [2.24, 2.45) is 5.92 Å². The first-order valence-electron chi connectivity index (χ1n) is 7.57. The highest BCUT2D eigenvalue weighted by Gasteiger charge is 2.32. The fraction of sp³-hybridized carbons (Fsp3) is 0.667. The SMILES string of the molecule is Cc1nnc(NCC2CCN(CC(F)(F)F)CC2)c(C#N)c1C. The Balaban J connectivity index is 1.87. The van der Waals surface area contributed by atoms with Crippen LogP contribution in [0.3, 0.4) is 0 Å². The molecule has 1 aliphatic rings. The Hall–Kier alpha value is -1.88. The summed E-state index contributed by atoms with van der Waals surface area (Å²) in [6.45, 7) is 4.25. The molecule has 1 aliphatic heterocycles. The largest absolute Gasteiger partial charge is 0.401 e. The molecule has 0 aromatic carbocycles. The minimum absolute atomic E-state index is 0.273. The van der Waals surface area contributed by atoms with Crippen LogP contribution in [0.5, 0.6) is 0 Å². The van der Waals surface area contributed by atoms with Crippen molar-refractivity contribution < 1.29 is 13.2 Å². The average molecular weight is 327 g/mol. The van der Waals surface area contributed by atoms with Gasteiger partial charge in [0, 0.05) is 6.54 Å². The molecule has 0 amide bonds. The van der Waals surface area contributed by atoms with Crippen LogP contribution in [0.25, 0.3) is 0 Å². The molecule has 0 radical (unpaired) electrons. The Bertz CT molecular complexity index is 586. The summed E-state index contributed by atoms with van der Waals surface area (Å²) in [5, 5.41) is 20.4. The lowest BCUT2D eigenvalue weighted by Gasteiger charge is -2.32.